The summed E-state index contributed by atoms with van der Waals surface area (Å²) >= 11 is 0. The first-order valence-corrected chi connectivity index (χ1v) is 9.87. The van der Waals surface area contributed by atoms with E-state index in [1.165, 1.54) is 38.5 Å². The van der Waals surface area contributed by atoms with Gasteiger partial charge in [-0.05, 0) is 89.2 Å². The second-order valence-corrected chi connectivity index (χ2v) is 8.09. The molecule has 3 nitrogen and oxygen atoms in total. The third-order valence-electron chi connectivity index (χ3n) is 6.17. The zero-order chi connectivity index (χ0) is 17.8. The number of hydrogen-bond acceptors (Lipinski definition) is 3. The lowest BCUT2D eigenvalue weighted by atomic mass is 9.72. The van der Waals surface area contributed by atoms with Crippen molar-refractivity contribution in [1.29, 1.82) is 0 Å². The molecule has 1 aromatic carbocycles. The molecule has 0 unspecified atom stereocenters. The predicted octanol–water partition coefficient (Wildman–Crippen LogP) is 5.22. The lowest BCUT2D eigenvalue weighted by Gasteiger charge is -2.37. The minimum Gasteiger partial charge on any atom is -0.459 e. The number of hydrogen-bond donors (Lipinski definition) is 0. The average molecular weight is 344 g/mol. The zero-order valence-electron chi connectivity index (χ0n) is 15.9. The summed E-state index contributed by atoms with van der Waals surface area (Å²) in [4.78, 5) is 12.4. The smallest absolute Gasteiger partial charge is 0.338 e. The molecule has 0 N–H and O–H groups in total. The Labute approximate surface area is 152 Å². The number of carbonyl (C=O) groups is 1. The van der Waals surface area contributed by atoms with Crippen LogP contribution < -0.4 is 0 Å². The molecule has 0 atom stereocenters. The second kappa shape index (κ2) is 8.35. The van der Waals surface area contributed by atoms with Crippen LogP contribution in [-0.4, -0.2) is 25.3 Å². The van der Waals surface area contributed by atoms with E-state index in [2.05, 4.69) is 6.07 Å². The van der Waals surface area contributed by atoms with Crippen molar-refractivity contribution < 1.29 is 14.3 Å². The molecule has 3 rings (SSSR count). The Morgan fingerprint density at radius 2 is 1.28 bits per heavy atom. The molecule has 0 spiro atoms. The van der Waals surface area contributed by atoms with Crippen LogP contribution in [0.5, 0.6) is 0 Å². The molecule has 2 aliphatic carbocycles. The zero-order valence-corrected chi connectivity index (χ0v) is 15.9. The van der Waals surface area contributed by atoms with Crippen LogP contribution in [0.25, 0.3) is 0 Å². The van der Waals surface area contributed by atoms with Gasteiger partial charge in [-0.3, -0.25) is 0 Å². The summed E-state index contributed by atoms with van der Waals surface area (Å²) in [7, 11) is 1.83. The molecule has 2 fully saturated rings. The molecule has 2 aliphatic rings. The van der Waals surface area contributed by atoms with E-state index in [0.717, 1.165) is 35.8 Å². The first-order chi connectivity index (χ1) is 12.0. The van der Waals surface area contributed by atoms with E-state index in [4.69, 9.17) is 9.47 Å². The summed E-state index contributed by atoms with van der Waals surface area (Å²) < 4.78 is 11.3. The first-order valence-electron chi connectivity index (χ1n) is 9.87. The van der Waals surface area contributed by atoms with Gasteiger partial charge < -0.3 is 9.47 Å². The van der Waals surface area contributed by atoms with Crippen molar-refractivity contribution in [3.63, 3.8) is 0 Å². The van der Waals surface area contributed by atoms with Crippen molar-refractivity contribution in [2.45, 2.75) is 77.4 Å². The lowest BCUT2D eigenvalue weighted by Crippen LogP contribution is -2.31. The molecule has 0 radical (unpaired) electrons. The fourth-order valence-corrected chi connectivity index (χ4v) is 4.79. The maximum Gasteiger partial charge on any atom is 0.338 e. The summed E-state index contributed by atoms with van der Waals surface area (Å²) in [6.45, 7) is 4.04. The van der Waals surface area contributed by atoms with E-state index in [9.17, 15) is 4.79 Å². The first kappa shape index (κ1) is 18.4. The summed E-state index contributed by atoms with van der Waals surface area (Å²) in [6, 6.07) is 5.94. The van der Waals surface area contributed by atoms with E-state index < -0.39 is 0 Å². The molecular formula is C22H32O3. The summed E-state index contributed by atoms with van der Waals surface area (Å²) in [5.41, 5.74) is 2.92. The third-order valence-corrected chi connectivity index (χ3v) is 6.17. The molecular weight excluding hydrogens is 312 g/mol. The van der Waals surface area contributed by atoms with Crippen molar-refractivity contribution in [2.75, 3.05) is 7.11 Å². The number of esters is 1. The molecule has 0 saturated heterocycles. The van der Waals surface area contributed by atoms with E-state index in [-0.39, 0.29) is 12.1 Å². The van der Waals surface area contributed by atoms with Crippen LogP contribution in [0.1, 0.15) is 72.9 Å². The number of ether oxygens (including phenoxy) is 2. The van der Waals surface area contributed by atoms with Crippen LogP contribution in [0, 0.1) is 25.7 Å². The summed E-state index contributed by atoms with van der Waals surface area (Å²) in [5.74, 6) is 1.51. The fourth-order valence-electron chi connectivity index (χ4n) is 4.79. The minimum absolute atomic E-state index is 0.0971. The van der Waals surface area contributed by atoms with Crippen molar-refractivity contribution in [2.24, 2.45) is 11.8 Å². The van der Waals surface area contributed by atoms with Gasteiger partial charge in [-0.15, -0.1) is 0 Å². The Balaban J connectivity index is 1.47. The van der Waals surface area contributed by atoms with Gasteiger partial charge in [-0.1, -0.05) is 17.2 Å². The molecule has 0 bridgehead atoms. The van der Waals surface area contributed by atoms with Crippen LogP contribution in [0.15, 0.2) is 18.2 Å². The van der Waals surface area contributed by atoms with Crippen LogP contribution in [0.2, 0.25) is 0 Å². The Kier molecular flexibility index (Phi) is 6.16. The van der Waals surface area contributed by atoms with Crippen molar-refractivity contribution in [3.05, 3.63) is 34.9 Å². The van der Waals surface area contributed by atoms with Gasteiger partial charge in [0, 0.05) is 7.11 Å². The van der Waals surface area contributed by atoms with Gasteiger partial charge in [-0.25, -0.2) is 4.79 Å². The lowest BCUT2D eigenvalue weighted by molar-refractivity contribution is 0.00509. The average Bonchev–Trinajstić information content (AvgIpc) is 2.61. The molecule has 0 amide bonds. The Bertz CT molecular complexity index is 559. The van der Waals surface area contributed by atoms with E-state index >= 15 is 0 Å². The molecule has 0 aliphatic heterocycles. The summed E-state index contributed by atoms with van der Waals surface area (Å²) in [5, 5.41) is 0. The van der Waals surface area contributed by atoms with Crippen LogP contribution >= 0.6 is 0 Å². The van der Waals surface area contributed by atoms with Gasteiger partial charge in [0.25, 0.3) is 0 Å². The maximum absolute atomic E-state index is 12.4. The van der Waals surface area contributed by atoms with Gasteiger partial charge in [0.05, 0.1) is 11.7 Å². The number of methoxy groups -OCH3 is 1. The van der Waals surface area contributed by atoms with Crippen LogP contribution in [0.4, 0.5) is 0 Å². The molecule has 25 heavy (non-hydrogen) atoms. The predicted molar refractivity (Wildman–Crippen MR) is 99.8 cm³/mol. The number of benzene rings is 1. The van der Waals surface area contributed by atoms with Gasteiger partial charge >= 0.3 is 5.97 Å². The molecule has 138 valence electrons. The van der Waals surface area contributed by atoms with E-state index in [0.29, 0.717) is 11.7 Å². The summed E-state index contributed by atoms with van der Waals surface area (Å²) in [6.07, 6.45) is 10.0. The van der Waals surface area contributed by atoms with E-state index in [1.807, 2.05) is 33.1 Å². The SMILES string of the molecule is COC1CCC(C2CCC(OC(=O)c3cc(C)cc(C)c3)CC2)CC1. The number of aryl methyl sites for hydroxylation is 2. The number of rotatable bonds is 4. The normalized spacial score (nSPS) is 30.0. The Morgan fingerprint density at radius 1 is 0.800 bits per heavy atom. The standard InChI is InChI=1S/C22H32O3/c1-15-12-16(2)14-19(13-15)22(23)25-21-10-6-18(7-11-21)17-4-8-20(24-3)9-5-17/h12-14,17-18,20-21H,4-11H2,1-3H3. The minimum atomic E-state index is -0.157. The second-order valence-electron chi connectivity index (χ2n) is 8.09. The van der Waals surface area contributed by atoms with Crippen molar-refractivity contribution >= 4 is 5.97 Å². The molecule has 3 heteroatoms. The highest BCUT2D eigenvalue weighted by molar-refractivity contribution is 5.90. The maximum atomic E-state index is 12.4. The van der Waals surface area contributed by atoms with Gasteiger partial charge in [0.15, 0.2) is 0 Å². The molecule has 1 aromatic rings. The van der Waals surface area contributed by atoms with E-state index in [1.54, 1.807) is 0 Å². The van der Waals surface area contributed by atoms with Gasteiger partial charge in [-0.2, -0.15) is 0 Å². The quantitative estimate of drug-likeness (QED) is 0.702. The third kappa shape index (κ3) is 4.84. The van der Waals surface area contributed by atoms with Gasteiger partial charge in [0.2, 0.25) is 0 Å². The Hall–Kier alpha value is -1.35. The highest BCUT2D eigenvalue weighted by Crippen LogP contribution is 2.39. The molecule has 0 heterocycles. The van der Waals surface area contributed by atoms with Gasteiger partial charge in [0.1, 0.15) is 6.10 Å². The van der Waals surface area contributed by atoms with Crippen LogP contribution in [-0.2, 0) is 9.47 Å². The van der Waals surface area contributed by atoms with Crippen LogP contribution in [0.3, 0.4) is 0 Å². The number of carbonyl (C=O) groups excluding carboxylic acids is 1. The molecule has 0 aromatic heterocycles. The highest BCUT2D eigenvalue weighted by atomic mass is 16.5. The monoisotopic (exact) mass is 344 g/mol. The largest absolute Gasteiger partial charge is 0.459 e. The van der Waals surface area contributed by atoms with Crippen molar-refractivity contribution in [1.82, 2.24) is 0 Å². The fraction of sp³-hybridized carbons (Fsp3) is 0.682. The van der Waals surface area contributed by atoms with Crippen molar-refractivity contribution in [3.8, 4) is 0 Å². The highest BCUT2D eigenvalue weighted by Gasteiger charge is 2.32. The Morgan fingerprint density at radius 3 is 1.76 bits per heavy atom. The topological polar surface area (TPSA) is 35.5 Å². The molecule has 2 saturated carbocycles.